The lowest BCUT2D eigenvalue weighted by Gasteiger charge is -2.26. The summed E-state index contributed by atoms with van der Waals surface area (Å²) < 4.78 is 50.4. The first-order chi connectivity index (χ1) is 17.1. The minimum atomic E-state index is -4.48. The number of fused-ring (bicyclic) bond motifs is 1. The fraction of sp³-hybridized carbons (Fsp3) is 0.393. The van der Waals surface area contributed by atoms with Gasteiger partial charge in [-0.1, -0.05) is 50.4 Å². The summed E-state index contributed by atoms with van der Waals surface area (Å²) in [7, 11) is 0. The highest BCUT2D eigenvalue weighted by molar-refractivity contribution is 6.32. The summed E-state index contributed by atoms with van der Waals surface area (Å²) in [6, 6.07) is 13.7. The monoisotopic (exact) mass is 521 g/mol. The van der Waals surface area contributed by atoms with E-state index in [4.69, 9.17) is 21.1 Å². The van der Waals surface area contributed by atoms with E-state index in [0.717, 1.165) is 48.6 Å². The van der Waals surface area contributed by atoms with Crippen molar-refractivity contribution in [1.29, 1.82) is 0 Å². The number of amides is 1. The molecule has 36 heavy (non-hydrogen) atoms. The van der Waals surface area contributed by atoms with Crippen LogP contribution in [-0.4, -0.2) is 30.0 Å². The number of hydrogen-bond acceptors (Lipinski definition) is 3. The molecule has 3 aromatic rings. The molecule has 3 aromatic carbocycles. The number of halogens is 4. The van der Waals surface area contributed by atoms with Crippen LogP contribution in [0, 0.1) is 0 Å². The number of carbonyl (C=O) groups excluding carboxylic acids is 1. The molecule has 1 atom stereocenters. The maximum Gasteiger partial charge on any atom is 0.416 e. The Morgan fingerprint density at radius 3 is 2.11 bits per heavy atom. The van der Waals surface area contributed by atoms with Gasteiger partial charge in [-0.3, -0.25) is 4.79 Å². The molecule has 0 saturated carbocycles. The molecule has 8 heteroatoms. The summed E-state index contributed by atoms with van der Waals surface area (Å²) in [5.74, 6) is 1.04. The van der Waals surface area contributed by atoms with Gasteiger partial charge in [-0.15, -0.1) is 0 Å². The number of unbranched alkanes of at least 4 members (excludes halogenated alkanes) is 2. The molecule has 0 radical (unpaired) electrons. The zero-order chi connectivity index (χ0) is 26.3. The summed E-state index contributed by atoms with van der Waals surface area (Å²) in [4.78, 5) is 14.9. The van der Waals surface area contributed by atoms with E-state index in [9.17, 15) is 18.0 Å². The molecule has 0 aromatic heterocycles. The minimum Gasteiger partial charge on any atom is -0.481 e. The van der Waals surface area contributed by atoms with Gasteiger partial charge in [0, 0.05) is 13.1 Å². The molecular weight excluding hydrogens is 491 g/mol. The molecule has 1 unspecified atom stereocenters. The van der Waals surface area contributed by atoms with Gasteiger partial charge < -0.3 is 14.4 Å². The van der Waals surface area contributed by atoms with Crippen LogP contribution in [0.25, 0.3) is 10.8 Å². The normalized spacial score (nSPS) is 12.4. The Morgan fingerprint density at radius 2 is 1.53 bits per heavy atom. The molecule has 3 rings (SSSR count). The number of rotatable bonds is 11. The van der Waals surface area contributed by atoms with Crippen molar-refractivity contribution in [2.24, 2.45) is 0 Å². The van der Waals surface area contributed by atoms with Gasteiger partial charge in [-0.2, -0.15) is 13.2 Å². The van der Waals surface area contributed by atoms with E-state index >= 15 is 0 Å². The summed E-state index contributed by atoms with van der Waals surface area (Å²) in [5.41, 5.74) is -0.841. The van der Waals surface area contributed by atoms with E-state index in [2.05, 4.69) is 13.8 Å². The molecule has 0 aliphatic heterocycles. The molecule has 194 valence electrons. The molecular formula is C28H31ClF3NO3. The Labute approximate surface area is 214 Å². The molecule has 4 nitrogen and oxygen atoms in total. The summed E-state index contributed by atoms with van der Waals surface area (Å²) >= 11 is 6.02. The largest absolute Gasteiger partial charge is 0.481 e. The quantitative estimate of drug-likeness (QED) is 0.254. The van der Waals surface area contributed by atoms with Crippen molar-refractivity contribution in [3.05, 3.63) is 65.2 Å². The fourth-order valence-electron chi connectivity index (χ4n) is 3.77. The molecule has 0 spiro atoms. The maximum atomic E-state index is 13.0. The highest BCUT2D eigenvalue weighted by Crippen LogP contribution is 2.37. The topological polar surface area (TPSA) is 38.8 Å². The van der Waals surface area contributed by atoms with E-state index in [1.807, 2.05) is 29.2 Å². The molecule has 0 aliphatic rings. The van der Waals surface area contributed by atoms with E-state index in [0.29, 0.717) is 24.6 Å². The van der Waals surface area contributed by atoms with Gasteiger partial charge in [0.25, 0.3) is 5.91 Å². The lowest BCUT2D eigenvalue weighted by molar-refractivity contribution is -0.138. The van der Waals surface area contributed by atoms with Crippen LogP contribution < -0.4 is 9.47 Å². The van der Waals surface area contributed by atoms with Gasteiger partial charge >= 0.3 is 6.18 Å². The number of carbonyl (C=O) groups is 1. The van der Waals surface area contributed by atoms with Crippen molar-refractivity contribution in [3.63, 3.8) is 0 Å². The second-order valence-electron chi connectivity index (χ2n) is 8.71. The van der Waals surface area contributed by atoms with E-state index in [1.165, 1.54) is 6.07 Å². The lowest BCUT2D eigenvalue weighted by Crippen LogP contribution is -2.41. The van der Waals surface area contributed by atoms with E-state index in [1.54, 1.807) is 19.1 Å². The fourth-order valence-corrected chi connectivity index (χ4v) is 3.99. The van der Waals surface area contributed by atoms with E-state index < -0.39 is 17.8 Å². The Hall–Kier alpha value is -2.93. The SMILES string of the molecule is CCCCN(CCCC)C(=O)C(C)Oc1ccc2ccc(Oc3ccc(C(F)(F)F)cc3Cl)cc2c1. The van der Waals surface area contributed by atoms with Crippen molar-refractivity contribution in [1.82, 2.24) is 4.90 Å². The Bertz CT molecular complexity index is 1170. The van der Waals surface area contributed by atoms with Crippen LogP contribution in [0.4, 0.5) is 13.2 Å². The molecule has 0 bridgehead atoms. The number of ether oxygens (including phenoxy) is 2. The molecule has 1 amide bonds. The molecule has 0 N–H and O–H groups in total. The number of alkyl halides is 3. The maximum absolute atomic E-state index is 13.0. The van der Waals surface area contributed by atoms with Gasteiger partial charge in [0.05, 0.1) is 10.6 Å². The second kappa shape index (κ2) is 12.3. The predicted octanol–water partition coefficient (Wildman–Crippen LogP) is 8.50. The standard InChI is InChI=1S/C28H31ClF3NO3/c1-4-6-14-33(15-7-5-2)27(34)19(3)35-23-11-8-20-9-12-24(17-21(20)16-23)36-26-13-10-22(18-25(26)29)28(30,31)32/h8-13,16-19H,4-7,14-15H2,1-3H3. The molecule has 0 heterocycles. The zero-order valence-corrected chi connectivity index (χ0v) is 21.5. The first-order valence-corrected chi connectivity index (χ1v) is 12.5. The third-order valence-electron chi connectivity index (χ3n) is 5.81. The second-order valence-corrected chi connectivity index (χ2v) is 9.12. The summed E-state index contributed by atoms with van der Waals surface area (Å²) in [6.07, 6.45) is -1.20. The Balaban J connectivity index is 1.75. The van der Waals surface area contributed by atoms with Crippen LogP contribution in [-0.2, 0) is 11.0 Å². The van der Waals surface area contributed by atoms with Crippen LogP contribution in [0.1, 0.15) is 52.0 Å². The zero-order valence-electron chi connectivity index (χ0n) is 20.7. The van der Waals surface area contributed by atoms with Crippen LogP contribution >= 0.6 is 11.6 Å². The summed E-state index contributed by atoms with van der Waals surface area (Å²) in [5, 5.41) is 1.58. The smallest absolute Gasteiger partial charge is 0.416 e. The van der Waals surface area contributed by atoms with Crippen molar-refractivity contribution >= 4 is 28.3 Å². The molecule has 0 fully saturated rings. The van der Waals surface area contributed by atoms with Crippen LogP contribution in [0.3, 0.4) is 0 Å². The predicted molar refractivity (Wildman–Crippen MR) is 137 cm³/mol. The third-order valence-corrected chi connectivity index (χ3v) is 6.10. The number of hydrogen-bond donors (Lipinski definition) is 0. The van der Waals surface area contributed by atoms with Crippen LogP contribution in [0.2, 0.25) is 5.02 Å². The highest BCUT2D eigenvalue weighted by Gasteiger charge is 2.31. The Kier molecular flexibility index (Phi) is 9.49. The van der Waals surface area contributed by atoms with Crippen molar-refractivity contribution in [2.45, 2.75) is 58.7 Å². The van der Waals surface area contributed by atoms with Crippen molar-refractivity contribution < 1.29 is 27.4 Å². The highest BCUT2D eigenvalue weighted by atomic mass is 35.5. The van der Waals surface area contributed by atoms with Gasteiger partial charge in [0.1, 0.15) is 17.2 Å². The third kappa shape index (κ3) is 7.29. The van der Waals surface area contributed by atoms with E-state index in [-0.39, 0.29) is 16.7 Å². The molecule has 0 aliphatic carbocycles. The Morgan fingerprint density at radius 1 is 0.917 bits per heavy atom. The summed E-state index contributed by atoms with van der Waals surface area (Å²) in [6.45, 7) is 7.38. The molecule has 0 saturated heterocycles. The average molecular weight is 522 g/mol. The van der Waals surface area contributed by atoms with Crippen LogP contribution in [0.5, 0.6) is 17.2 Å². The first kappa shape index (κ1) is 27.7. The van der Waals surface area contributed by atoms with Crippen LogP contribution in [0.15, 0.2) is 54.6 Å². The van der Waals surface area contributed by atoms with Gasteiger partial charge in [-0.05, 0) is 73.0 Å². The van der Waals surface area contributed by atoms with Crippen molar-refractivity contribution in [2.75, 3.05) is 13.1 Å². The lowest BCUT2D eigenvalue weighted by atomic mass is 10.1. The van der Waals surface area contributed by atoms with Gasteiger partial charge in [-0.25, -0.2) is 0 Å². The number of benzene rings is 3. The first-order valence-electron chi connectivity index (χ1n) is 12.2. The van der Waals surface area contributed by atoms with Gasteiger partial charge in [0.2, 0.25) is 0 Å². The minimum absolute atomic E-state index is 0.0361. The van der Waals surface area contributed by atoms with Gasteiger partial charge in [0.15, 0.2) is 6.10 Å². The average Bonchev–Trinajstić information content (AvgIpc) is 2.84. The van der Waals surface area contributed by atoms with Crippen molar-refractivity contribution in [3.8, 4) is 17.2 Å². The number of nitrogens with zero attached hydrogens (tertiary/aromatic N) is 1.